The fraction of sp³-hybridized carbons (Fsp3) is 0.300. The molecule has 0 aliphatic heterocycles. The standard InChI is InChI=1S/C10H14ClN3O3S/c1-6(10(15)13-2)14-18(16,17)9-5-7(12)3-4-8(9)11/h3-6,14H,12H2,1-2H3,(H,13,15). The van der Waals surface area contributed by atoms with Crippen molar-refractivity contribution >= 4 is 33.2 Å². The minimum absolute atomic E-state index is 0.0424. The zero-order chi connectivity index (χ0) is 13.9. The van der Waals surface area contributed by atoms with Crippen LogP contribution in [0.4, 0.5) is 5.69 Å². The number of carbonyl (C=O) groups is 1. The van der Waals surface area contributed by atoms with Crippen LogP contribution >= 0.6 is 11.6 Å². The van der Waals surface area contributed by atoms with Crippen LogP contribution in [0.5, 0.6) is 0 Å². The molecule has 1 amide bonds. The molecule has 0 aliphatic rings. The van der Waals surface area contributed by atoms with Crippen molar-refractivity contribution in [1.82, 2.24) is 10.0 Å². The largest absolute Gasteiger partial charge is 0.399 e. The maximum absolute atomic E-state index is 12.0. The number of anilines is 1. The molecule has 18 heavy (non-hydrogen) atoms. The molecule has 1 aromatic rings. The minimum atomic E-state index is -3.89. The van der Waals surface area contributed by atoms with Crippen LogP contribution in [0, 0.1) is 0 Å². The number of halogens is 1. The van der Waals surface area contributed by atoms with Gasteiger partial charge in [0.1, 0.15) is 4.90 Å². The number of hydrogen-bond acceptors (Lipinski definition) is 4. The molecule has 0 bridgehead atoms. The second kappa shape index (κ2) is 5.55. The Morgan fingerprint density at radius 3 is 2.61 bits per heavy atom. The Morgan fingerprint density at radius 2 is 2.06 bits per heavy atom. The number of hydrogen-bond donors (Lipinski definition) is 3. The summed E-state index contributed by atoms with van der Waals surface area (Å²) in [5.41, 5.74) is 5.78. The van der Waals surface area contributed by atoms with Crippen molar-refractivity contribution in [2.75, 3.05) is 12.8 Å². The molecule has 1 rings (SSSR count). The summed E-state index contributed by atoms with van der Waals surface area (Å²) in [4.78, 5) is 11.1. The summed E-state index contributed by atoms with van der Waals surface area (Å²) in [6, 6.07) is 3.21. The Balaban J connectivity index is 3.07. The monoisotopic (exact) mass is 291 g/mol. The first-order valence-corrected chi connectivity index (χ1v) is 6.93. The lowest BCUT2D eigenvalue weighted by Gasteiger charge is -2.13. The van der Waals surface area contributed by atoms with E-state index in [1.165, 1.54) is 32.2 Å². The van der Waals surface area contributed by atoms with Gasteiger partial charge in [0.05, 0.1) is 11.1 Å². The van der Waals surface area contributed by atoms with Gasteiger partial charge in [-0.25, -0.2) is 8.42 Å². The number of rotatable bonds is 4. The molecule has 0 aliphatic carbocycles. The van der Waals surface area contributed by atoms with Crippen molar-refractivity contribution in [2.45, 2.75) is 17.9 Å². The van der Waals surface area contributed by atoms with Gasteiger partial charge < -0.3 is 11.1 Å². The van der Waals surface area contributed by atoms with Gasteiger partial charge in [0.15, 0.2) is 0 Å². The van der Waals surface area contributed by atoms with Gasteiger partial charge in [-0.05, 0) is 25.1 Å². The molecule has 0 saturated heterocycles. The average molecular weight is 292 g/mol. The number of amides is 1. The summed E-state index contributed by atoms with van der Waals surface area (Å²) in [6.45, 7) is 1.43. The highest BCUT2D eigenvalue weighted by Crippen LogP contribution is 2.23. The summed E-state index contributed by atoms with van der Waals surface area (Å²) in [6.07, 6.45) is 0. The highest BCUT2D eigenvalue weighted by atomic mass is 35.5. The van der Waals surface area contributed by atoms with Gasteiger partial charge in [0.25, 0.3) is 0 Å². The molecular formula is C10H14ClN3O3S. The van der Waals surface area contributed by atoms with Gasteiger partial charge in [0, 0.05) is 12.7 Å². The Labute approximate surface area is 111 Å². The van der Waals surface area contributed by atoms with Crippen LogP contribution in [0.3, 0.4) is 0 Å². The van der Waals surface area contributed by atoms with Crippen LogP contribution in [0.25, 0.3) is 0 Å². The van der Waals surface area contributed by atoms with Crippen LogP contribution in [0.1, 0.15) is 6.92 Å². The van der Waals surface area contributed by atoms with E-state index in [9.17, 15) is 13.2 Å². The van der Waals surface area contributed by atoms with Crippen molar-refractivity contribution in [3.05, 3.63) is 23.2 Å². The summed E-state index contributed by atoms with van der Waals surface area (Å²) < 4.78 is 26.2. The number of likely N-dealkylation sites (N-methyl/N-ethyl adjacent to an activating group) is 1. The third-order valence-electron chi connectivity index (χ3n) is 2.22. The highest BCUT2D eigenvalue weighted by Gasteiger charge is 2.23. The summed E-state index contributed by atoms with van der Waals surface area (Å²) in [5.74, 6) is -0.446. The fourth-order valence-corrected chi connectivity index (χ4v) is 3.03. The van der Waals surface area contributed by atoms with Crippen molar-refractivity contribution in [2.24, 2.45) is 0 Å². The lowest BCUT2D eigenvalue weighted by Crippen LogP contribution is -2.43. The Kier molecular flexibility index (Phi) is 4.55. The van der Waals surface area contributed by atoms with E-state index in [0.29, 0.717) is 0 Å². The second-order valence-electron chi connectivity index (χ2n) is 3.65. The summed E-state index contributed by atoms with van der Waals surface area (Å²) in [7, 11) is -2.47. The molecule has 0 radical (unpaired) electrons. The van der Waals surface area contributed by atoms with Gasteiger partial charge in [0.2, 0.25) is 15.9 Å². The molecule has 0 spiro atoms. The molecule has 100 valence electrons. The molecule has 1 atom stereocenters. The lowest BCUT2D eigenvalue weighted by molar-refractivity contribution is -0.121. The Bertz CT molecular complexity index is 559. The van der Waals surface area contributed by atoms with E-state index in [-0.39, 0.29) is 15.6 Å². The SMILES string of the molecule is CNC(=O)C(C)NS(=O)(=O)c1cc(N)ccc1Cl. The van der Waals surface area contributed by atoms with E-state index in [1.807, 2.05) is 0 Å². The van der Waals surface area contributed by atoms with E-state index in [0.717, 1.165) is 0 Å². The third kappa shape index (κ3) is 3.34. The van der Waals surface area contributed by atoms with Gasteiger partial charge in [-0.2, -0.15) is 4.72 Å². The molecule has 1 unspecified atom stereocenters. The Morgan fingerprint density at radius 1 is 1.44 bits per heavy atom. The first-order valence-electron chi connectivity index (χ1n) is 5.07. The molecule has 4 N–H and O–H groups in total. The number of sulfonamides is 1. The summed E-state index contributed by atoms with van der Waals surface area (Å²) in [5, 5.41) is 2.38. The number of nitrogens with one attached hydrogen (secondary N) is 2. The number of benzene rings is 1. The van der Waals surface area contributed by atoms with E-state index in [1.54, 1.807) is 0 Å². The van der Waals surface area contributed by atoms with Crippen LogP contribution < -0.4 is 15.8 Å². The van der Waals surface area contributed by atoms with E-state index in [2.05, 4.69) is 10.0 Å². The first kappa shape index (κ1) is 14.7. The van der Waals surface area contributed by atoms with E-state index in [4.69, 9.17) is 17.3 Å². The van der Waals surface area contributed by atoms with Crippen molar-refractivity contribution in [3.63, 3.8) is 0 Å². The predicted molar refractivity (Wildman–Crippen MR) is 69.7 cm³/mol. The van der Waals surface area contributed by atoms with Crippen LogP contribution in [-0.4, -0.2) is 27.4 Å². The first-order chi connectivity index (χ1) is 8.27. The average Bonchev–Trinajstić information content (AvgIpc) is 2.30. The molecule has 0 heterocycles. The Hall–Kier alpha value is -1.31. The number of nitrogens with two attached hydrogens (primary N) is 1. The van der Waals surface area contributed by atoms with Crippen molar-refractivity contribution in [3.8, 4) is 0 Å². The van der Waals surface area contributed by atoms with Crippen molar-refractivity contribution < 1.29 is 13.2 Å². The van der Waals surface area contributed by atoms with Crippen LogP contribution in [-0.2, 0) is 14.8 Å². The predicted octanol–water partition coefficient (Wildman–Crippen LogP) is 0.335. The maximum Gasteiger partial charge on any atom is 0.242 e. The highest BCUT2D eigenvalue weighted by molar-refractivity contribution is 7.89. The molecule has 1 aromatic carbocycles. The van der Waals surface area contributed by atoms with Gasteiger partial charge >= 0.3 is 0 Å². The molecule has 0 aromatic heterocycles. The lowest BCUT2D eigenvalue weighted by atomic mass is 10.3. The normalized spacial score (nSPS) is 13.1. The smallest absolute Gasteiger partial charge is 0.242 e. The van der Waals surface area contributed by atoms with E-state index < -0.39 is 22.0 Å². The number of carbonyl (C=O) groups excluding carboxylic acids is 1. The van der Waals surface area contributed by atoms with Gasteiger partial charge in [-0.3, -0.25) is 4.79 Å². The zero-order valence-electron chi connectivity index (χ0n) is 9.90. The third-order valence-corrected chi connectivity index (χ3v) is 4.24. The van der Waals surface area contributed by atoms with Crippen molar-refractivity contribution in [1.29, 1.82) is 0 Å². The zero-order valence-corrected chi connectivity index (χ0v) is 11.5. The number of nitrogen functional groups attached to an aromatic ring is 1. The van der Waals surface area contributed by atoms with Crippen LogP contribution in [0.2, 0.25) is 5.02 Å². The van der Waals surface area contributed by atoms with Crippen LogP contribution in [0.15, 0.2) is 23.1 Å². The molecule has 0 saturated carbocycles. The molecule has 6 nitrogen and oxygen atoms in total. The second-order valence-corrected chi connectivity index (χ2v) is 5.74. The molecule has 8 heteroatoms. The minimum Gasteiger partial charge on any atom is -0.399 e. The topological polar surface area (TPSA) is 101 Å². The molecular weight excluding hydrogens is 278 g/mol. The maximum atomic E-state index is 12.0. The quantitative estimate of drug-likeness (QED) is 0.696. The van der Waals surface area contributed by atoms with Gasteiger partial charge in [-0.1, -0.05) is 11.6 Å². The van der Waals surface area contributed by atoms with Gasteiger partial charge in [-0.15, -0.1) is 0 Å². The molecule has 0 fully saturated rings. The summed E-state index contributed by atoms with van der Waals surface area (Å²) >= 11 is 5.80. The fourth-order valence-electron chi connectivity index (χ4n) is 1.29. The van der Waals surface area contributed by atoms with E-state index >= 15 is 0 Å².